The Morgan fingerprint density at radius 1 is 1.62 bits per heavy atom. The molecule has 0 aromatic carbocycles. The summed E-state index contributed by atoms with van der Waals surface area (Å²) in [6, 6.07) is -0.367. The fraction of sp³-hybridized carbons (Fsp3) is 0.700. The fourth-order valence-corrected chi connectivity index (χ4v) is 1.55. The van der Waals surface area contributed by atoms with E-state index in [9.17, 15) is 9.18 Å². The number of carbonyl (C=O) groups excluding carboxylic acids is 1. The molecule has 0 aromatic heterocycles. The third-order valence-corrected chi connectivity index (χ3v) is 2.38. The molecule has 1 rings (SSSR count). The fourth-order valence-electron chi connectivity index (χ4n) is 1.55. The highest BCUT2D eigenvalue weighted by molar-refractivity contribution is 5.94. The van der Waals surface area contributed by atoms with Gasteiger partial charge in [0.15, 0.2) is 0 Å². The van der Waals surface area contributed by atoms with Crippen molar-refractivity contribution in [3.8, 4) is 0 Å². The number of halogens is 1. The van der Waals surface area contributed by atoms with E-state index in [1.807, 2.05) is 6.92 Å². The molecule has 0 spiro atoms. The largest absolute Gasteiger partial charge is 0.347 e. The van der Waals surface area contributed by atoms with E-state index in [4.69, 9.17) is 0 Å². The number of allylic oxidation sites excluding steroid dienone is 1. The second-order valence-corrected chi connectivity index (χ2v) is 3.64. The molecule has 1 amide bonds. The van der Waals surface area contributed by atoms with Crippen LogP contribution in [-0.2, 0) is 4.79 Å². The van der Waals surface area contributed by atoms with Crippen LogP contribution in [0.2, 0.25) is 0 Å². The van der Waals surface area contributed by atoms with E-state index in [2.05, 4.69) is 5.32 Å². The smallest absolute Gasteiger partial charge is 0.247 e. The second-order valence-electron chi connectivity index (χ2n) is 3.64. The van der Waals surface area contributed by atoms with Gasteiger partial charge in [0.05, 0.1) is 6.04 Å². The Balaban J connectivity index is 2.53. The van der Waals surface area contributed by atoms with Crippen molar-refractivity contribution in [2.24, 2.45) is 0 Å². The first-order valence-electron chi connectivity index (χ1n) is 4.70. The maximum atomic E-state index is 12.1. The molecule has 1 unspecified atom stereocenters. The average Bonchev–Trinajstić information content (AvgIpc) is 2.51. The van der Waals surface area contributed by atoms with Crippen LogP contribution in [0.1, 0.15) is 33.1 Å². The van der Waals surface area contributed by atoms with Gasteiger partial charge in [0.1, 0.15) is 6.67 Å². The molecule has 74 valence electrons. The van der Waals surface area contributed by atoms with E-state index in [0.29, 0.717) is 0 Å². The van der Waals surface area contributed by atoms with Crippen LogP contribution in [0.15, 0.2) is 11.1 Å². The van der Waals surface area contributed by atoms with Gasteiger partial charge in [-0.1, -0.05) is 5.57 Å². The van der Waals surface area contributed by atoms with Crippen LogP contribution in [0.4, 0.5) is 4.39 Å². The van der Waals surface area contributed by atoms with Gasteiger partial charge >= 0.3 is 0 Å². The van der Waals surface area contributed by atoms with Gasteiger partial charge in [0.2, 0.25) is 5.91 Å². The van der Waals surface area contributed by atoms with Gasteiger partial charge in [-0.15, -0.1) is 0 Å². The van der Waals surface area contributed by atoms with Crippen LogP contribution < -0.4 is 5.32 Å². The molecule has 0 saturated heterocycles. The molecule has 1 aliphatic carbocycles. The van der Waals surface area contributed by atoms with Gasteiger partial charge in [0, 0.05) is 5.57 Å². The van der Waals surface area contributed by atoms with Crippen molar-refractivity contribution in [3.63, 3.8) is 0 Å². The van der Waals surface area contributed by atoms with E-state index in [0.717, 1.165) is 30.4 Å². The minimum atomic E-state index is -0.502. The van der Waals surface area contributed by atoms with Crippen molar-refractivity contribution in [1.82, 2.24) is 5.32 Å². The van der Waals surface area contributed by atoms with Crippen LogP contribution in [0.25, 0.3) is 0 Å². The lowest BCUT2D eigenvalue weighted by molar-refractivity contribution is -0.118. The molecule has 1 atom stereocenters. The summed E-state index contributed by atoms with van der Waals surface area (Å²) in [5.41, 5.74) is 2.02. The minimum absolute atomic E-state index is 0.0832. The monoisotopic (exact) mass is 185 g/mol. The molecule has 3 heteroatoms. The Bertz CT molecular complexity index is 235. The predicted octanol–water partition coefficient (Wildman–Crippen LogP) is 1.96. The lowest BCUT2D eigenvalue weighted by Gasteiger charge is -2.10. The predicted molar refractivity (Wildman–Crippen MR) is 50.1 cm³/mol. The maximum Gasteiger partial charge on any atom is 0.247 e. The summed E-state index contributed by atoms with van der Waals surface area (Å²) >= 11 is 0. The van der Waals surface area contributed by atoms with Crippen LogP contribution in [0, 0.1) is 0 Å². The van der Waals surface area contributed by atoms with E-state index >= 15 is 0 Å². The van der Waals surface area contributed by atoms with Gasteiger partial charge in [-0.3, -0.25) is 4.79 Å². The molecule has 0 heterocycles. The van der Waals surface area contributed by atoms with Gasteiger partial charge in [-0.25, -0.2) is 4.39 Å². The number of hydrogen-bond acceptors (Lipinski definition) is 1. The quantitative estimate of drug-likeness (QED) is 0.715. The summed E-state index contributed by atoms with van der Waals surface area (Å²) in [4.78, 5) is 11.5. The zero-order valence-corrected chi connectivity index (χ0v) is 8.19. The molecule has 2 nitrogen and oxygen atoms in total. The SMILES string of the molecule is CC1=C(C(=O)NC(C)CF)CCC1. The number of carbonyl (C=O) groups is 1. The zero-order valence-electron chi connectivity index (χ0n) is 8.19. The van der Waals surface area contributed by atoms with Gasteiger partial charge < -0.3 is 5.32 Å². The summed E-state index contributed by atoms with van der Waals surface area (Å²) in [6.07, 6.45) is 2.90. The Morgan fingerprint density at radius 3 is 2.77 bits per heavy atom. The molecule has 0 radical (unpaired) electrons. The minimum Gasteiger partial charge on any atom is -0.347 e. The molecule has 0 bridgehead atoms. The number of hydrogen-bond donors (Lipinski definition) is 1. The second kappa shape index (κ2) is 4.40. The maximum absolute atomic E-state index is 12.1. The first-order valence-corrected chi connectivity index (χ1v) is 4.70. The van der Waals surface area contributed by atoms with Gasteiger partial charge in [0.25, 0.3) is 0 Å². The van der Waals surface area contributed by atoms with E-state index in [1.54, 1.807) is 6.92 Å². The van der Waals surface area contributed by atoms with Crippen molar-refractivity contribution in [1.29, 1.82) is 0 Å². The number of amides is 1. The molecule has 0 fully saturated rings. The molecule has 13 heavy (non-hydrogen) atoms. The molecular weight excluding hydrogens is 169 g/mol. The van der Waals surface area contributed by atoms with Crippen LogP contribution >= 0.6 is 0 Å². The third kappa shape index (κ3) is 2.54. The normalized spacial score (nSPS) is 19.0. The van der Waals surface area contributed by atoms with Crippen molar-refractivity contribution in [2.75, 3.05) is 6.67 Å². The highest BCUT2D eigenvalue weighted by atomic mass is 19.1. The molecule has 1 N–H and O–H groups in total. The summed E-state index contributed by atoms with van der Waals surface area (Å²) in [6.45, 7) is 3.14. The van der Waals surface area contributed by atoms with Crippen molar-refractivity contribution in [3.05, 3.63) is 11.1 Å². The summed E-state index contributed by atoms with van der Waals surface area (Å²) < 4.78 is 12.1. The topological polar surface area (TPSA) is 29.1 Å². The molecule has 0 aromatic rings. The van der Waals surface area contributed by atoms with Crippen LogP contribution in [0.3, 0.4) is 0 Å². The summed E-state index contributed by atoms with van der Waals surface area (Å²) in [5.74, 6) is -0.0832. The first-order chi connectivity index (χ1) is 6.15. The average molecular weight is 185 g/mol. The van der Waals surface area contributed by atoms with Crippen molar-refractivity contribution >= 4 is 5.91 Å². The summed E-state index contributed by atoms with van der Waals surface area (Å²) in [5, 5.41) is 2.63. The Morgan fingerprint density at radius 2 is 2.31 bits per heavy atom. The molecule has 1 aliphatic rings. The molecule has 0 saturated carbocycles. The van der Waals surface area contributed by atoms with Crippen molar-refractivity contribution < 1.29 is 9.18 Å². The van der Waals surface area contributed by atoms with E-state index in [1.165, 1.54) is 0 Å². The molecule has 0 aliphatic heterocycles. The van der Waals surface area contributed by atoms with Crippen LogP contribution in [0.5, 0.6) is 0 Å². The van der Waals surface area contributed by atoms with Crippen molar-refractivity contribution in [2.45, 2.75) is 39.2 Å². The number of nitrogens with one attached hydrogen (secondary N) is 1. The highest BCUT2D eigenvalue weighted by Gasteiger charge is 2.18. The molecular formula is C10H16FNO. The lowest BCUT2D eigenvalue weighted by atomic mass is 10.1. The number of alkyl halides is 1. The Labute approximate surface area is 78.2 Å². The summed E-state index contributed by atoms with van der Waals surface area (Å²) in [7, 11) is 0. The van der Waals surface area contributed by atoms with Gasteiger partial charge in [-0.2, -0.15) is 0 Å². The first kappa shape index (κ1) is 10.2. The highest BCUT2D eigenvalue weighted by Crippen LogP contribution is 2.25. The van der Waals surface area contributed by atoms with Gasteiger partial charge in [-0.05, 0) is 33.1 Å². The Hall–Kier alpha value is -0.860. The standard InChI is InChI=1S/C10H16FNO/c1-7-4-3-5-9(7)10(13)12-8(2)6-11/h8H,3-6H2,1-2H3,(H,12,13). The third-order valence-electron chi connectivity index (χ3n) is 2.38. The number of rotatable bonds is 3. The lowest BCUT2D eigenvalue weighted by Crippen LogP contribution is -2.34. The Kier molecular flexibility index (Phi) is 3.46. The van der Waals surface area contributed by atoms with E-state index < -0.39 is 6.67 Å². The van der Waals surface area contributed by atoms with E-state index in [-0.39, 0.29) is 11.9 Å². The zero-order chi connectivity index (χ0) is 9.84. The van der Waals surface area contributed by atoms with Crippen LogP contribution in [-0.4, -0.2) is 18.6 Å².